The minimum absolute atomic E-state index is 0.0965. The third kappa shape index (κ3) is 4.83. The molecule has 0 saturated carbocycles. The first kappa shape index (κ1) is 19.0. The van der Waals surface area contributed by atoms with Crippen LogP contribution in [0.5, 0.6) is 0 Å². The quantitative estimate of drug-likeness (QED) is 0.518. The second-order valence-electron chi connectivity index (χ2n) is 6.08. The summed E-state index contributed by atoms with van der Waals surface area (Å²) in [6, 6.07) is 3.10. The minimum Gasteiger partial charge on any atom is -0.463 e. The van der Waals surface area contributed by atoms with Gasteiger partial charge in [-0.15, -0.1) is 0 Å². The number of esters is 1. The summed E-state index contributed by atoms with van der Waals surface area (Å²) in [5.74, 6) is -0.977. The molecule has 1 unspecified atom stereocenters. The number of amides is 1. The second-order valence-corrected chi connectivity index (χ2v) is 6.08. The van der Waals surface area contributed by atoms with Crippen LogP contribution in [0.15, 0.2) is 22.8 Å². The van der Waals surface area contributed by atoms with Crippen LogP contribution in [-0.4, -0.2) is 42.2 Å². The fourth-order valence-electron chi connectivity index (χ4n) is 2.45. The van der Waals surface area contributed by atoms with Crippen LogP contribution in [0.3, 0.4) is 0 Å². The zero-order valence-corrected chi connectivity index (χ0v) is 14.8. The van der Waals surface area contributed by atoms with Crippen LogP contribution in [0, 0.1) is 12.8 Å². The molecule has 2 aromatic rings. The molecule has 2 rings (SSSR count). The van der Waals surface area contributed by atoms with Gasteiger partial charge in [-0.3, -0.25) is 4.79 Å². The third-order valence-electron chi connectivity index (χ3n) is 3.84. The summed E-state index contributed by atoms with van der Waals surface area (Å²) in [6.45, 7) is 6.14. The Morgan fingerprint density at radius 3 is 2.80 bits per heavy atom. The highest BCUT2D eigenvalue weighted by atomic mass is 16.6. The molecule has 0 aliphatic heterocycles. The van der Waals surface area contributed by atoms with E-state index in [1.165, 1.54) is 0 Å². The van der Waals surface area contributed by atoms with Crippen molar-refractivity contribution >= 4 is 23.0 Å². The molecule has 138 valence electrons. The Labute approximate surface area is 146 Å². The lowest BCUT2D eigenvalue weighted by atomic mass is 10.0. The van der Waals surface area contributed by atoms with Gasteiger partial charge in [0, 0.05) is 17.8 Å². The van der Waals surface area contributed by atoms with Crippen LogP contribution >= 0.6 is 0 Å². The van der Waals surface area contributed by atoms with E-state index in [9.17, 15) is 9.59 Å². The van der Waals surface area contributed by atoms with Gasteiger partial charge in [-0.1, -0.05) is 13.8 Å². The van der Waals surface area contributed by atoms with Gasteiger partial charge >= 0.3 is 5.97 Å². The molecule has 25 heavy (non-hydrogen) atoms. The van der Waals surface area contributed by atoms with Gasteiger partial charge in [0.05, 0.1) is 24.9 Å². The van der Waals surface area contributed by atoms with Crippen molar-refractivity contribution in [2.24, 2.45) is 11.7 Å². The predicted molar refractivity (Wildman–Crippen MR) is 91.7 cm³/mol. The van der Waals surface area contributed by atoms with Crippen molar-refractivity contribution in [2.45, 2.75) is 33.5 Å². The molecule has 0 aliphatic rings. The van der Waals surface area contributed by atoms with Gasteiger partial charge in [-0.2, -0.15) is 0 Å². The third-order valence-corrected chi connectivity index (χ3v) is 3.84. The standard InChI is InChI=1S/C17H25N3O5/c1-11(2)16(19-15(21)9-18)17(22)25-7-6-23-10-20-12(3)8-14-13(20)4-5-24-14/h4-5,8,11,16H,6-7,9-10,18H2,1-3H3,(H,19,21). The van der Waals surface area contributed by atoms with E-state index in [2.05, 4.69) is 5.32 Å². The first-order valence-electron chi connectivity index (χ1n) is 8.21. The molecule has 0 fully saturated rings. The molecule has 2 aromatic heterocycles. The first-order valence-corrected chi connectivity index (χ1v) is 8.21. The number of carbonyl (C=O) groups excluding carboxylic acids is 2. The number of rotatable bonds is 9. The Kier molecular flexibility index (Phi) is 6.60. The lowest BCUT2D eigenvalue weighted by Gasteiger charge is -2.20. The van der Waals surface area contributed by atoms with E-state index in [1.807, 2.05) is 37.5 Å². The van der Waals surface area contributed by atoms with Crippen molar-refractivity contribution in [1.29, 1.82) is 0 Å². The summed E-state index contributed by atoms with van der Waals surface area (Å²) in [5, 5.41) is 2.56. The highest BCUT2D eigenvalue weighted by molar-refractivity contribution is 5.85. The summed E-state index contributed by atoms with van der Waals surface area (Å²) in [5.41, 5.74) is 8.05. The molecule has 0 spiro atoms. The lowest BCUT2D eigenvalue weighted by Crippen LogP contribution is -2.47. The average molecular weight is 351 g/mol. The maximum Gasteiger partial charge on any atom is 0.328 e. The lowest BCUT2D eigenvalue weighted by molar-refractivity contribution is -0.150. The van der Waals surface area contributed by atoms with Gasteiger partial charge in [0.25, 0.3) is 0 Å². The van der Waals surface area contributed by atoms with Gasteiger partial charge in [0.1, 0.15) is 19.4 Å². The maximum atomic E-state index is 12.1. The predicted octanol–water partition coefficient (Wildman–Crippen LogP) is 1.16. The van der Waals surface area contributed by atoms with Crippen LogP contribution in [0.4, 0.5) is 0 Å². The molecule has 8 nitrogen and oxygen atoms in total. The zero-order valence-electron chi connectivity index (χ0n) is 14.8. The number of nitrogens with zero attached hydrogens (tertiary/aromatic N) is 1. The van der Waals surface area contributed by atoms with Crippen molar-refractivity contribution in [3.05, 3.63) is 24.1 Å². The van der Waals surface area contributed by atoms with Gasteiger partial charge in [0.15, 0.2) is 5.58 Å². The summed E-state index contributed by atoms with van der Waals surface area (Å²) in [4.78, 5) is 23.4. The Morgan fingerprint density at radius 1 is 1.36 bits per heavy atom. The van der Waals surface area contributed by atoms with Gasteiger partial charge in [0.2, 0.25) is 5.91 Å². The van der Waals surface area contributed by atoms with E-state index in [-0.39, 0.29) is 31.6 Å². The van der Waals surface area contributed by atoms with Crippen molar-refractivity contribution in [3.63, 3.8) is 0 Å². The summed E-state index contributed by atoms with van der Waals surface area (Å²) >= 11 is 0. The topological polar surface area (TPSA) is 109 Å². The molecule has 1 atom stereocenters. The zero-order chi connectivity index (χ0) is 18.4. The highest BCUT2D eigenvalue weighted by Crippen LogP contribution is 2.20. The number of hydrogen-bond acceptors (Lipinski definition) is 6. The molecule has 8 heteroatoms. The van der Waals surface area contributed by atoms with E-state index < -0.39 is 12.0 Å². The molecule has 0 saturated heterocycles. The van der Waals surface area contributed by atoms with Gasteiger partial charge in [-0.25, -0.2) is 4.79 Å². The summed E-state index contributed by atoms with van der Waals surface area (Å²) in [6.07, 6.45) is 1.63. The Bertz CT molecular complexity index is 719. The SMILES string of the molecule is Cc1cc2occc2n1COCCOC(=O)C(NC(=O)CN)C(C)C. The second kappa shape index (κ2) is 8.68. The van der Waals surface area contributed by atoms with E-state index in [1.54, 1.807) is 6.26 Å². The summed E-state index contributed by atoms with van der Waals surface area (Å²) < 4.78 is 18.1. The molecule has 0 aromatic carbocycles. The molecule has 2 heterocycles. The van der Waals surface area contributed by atoms with E-state index in [0.717, 1.165) is 16.8 Å². The monoisotopic (exact) mass is 351 g/mol. The number of fused-ring (bicyclic) bond motifs is 1. The fourth-order valence-corrected chi connectivity index (χ4v) is 2.45. The number of carbonyl (C=O) groups is 2. The smallest absolute Gasteiger partial charge is 0.328 e. The summed E-state index contributed by atoms with van der Waals surface area (Å²) in [7, 11) is 0. The van der Waals surface area contributed by atoms with E-state index in [0.29, 0.717) is 6.73 Å². The Balaban J connectivity index is 1.76. The normalized spacial score (nSPS) is 12.5. The van der Waals surface area contributed by atoms with Crippen molar-refractivity contribution in [1.82, 2.24) is 9.88 Å². The molecular formula is C17H25N3O5. The van der Waals surface area contributed by atoms with Crippen molar-refractivity contribution in [3.8, 4) is 0 Å². The number of nitrogens with two attached hydrogens (primary N) is 1. The number of furan rings is 1. The van der Waals surface area contributed by atoms with E-state index in [4.69, 9.17) is 19.6 Å². The van der Waals surface area contributed by atoms with Crippen LogP contribution in [0.1, 0.15) is 19.5 Å². The van der Waals surface area contributed by atoms with Crippen LogP contribution in [-0.2, 0) is 25.8 Å². The number of ether oxygens (including phenoxy) is 2. The Morgan fingerprint density at radius 2 is 2.12 bits per heavy atom. The van der Waals surface area contributed by atoms with Gasteiger partial charge in [-0.05, 0) is 12.8 Å². The largest absolute Gasteiger partial charge is 0.463 e. The highest BCUT2D eigenvalue weighted by Gasteiger charge is 2.25. The van der Waals surface area contributed by atoms with Crippen LogP contribution in [0.25, 0.3) is 11.1 Å². The van der Waals surface area contributed by atoms with Gasteiger partial charge < -0.3 is 29.5 Å². The molecular weight excluding hydrogens is 326 g/mol. The number of nitrogens with one attached hydrogen (secondary N) is 1. The van der Waals surface area contributed by atoms with Crippen LogP contribution in [0.2, 0.25) is 0 Å². The molecule has 1 amide bonds. The Hall–Kier alpha value is -2.32. The molecule has 0 radical (unpaired) electrons. The molecule has 0 bridgehead atoms. The maximum absolute atomic E-state index is 12.1. The van der Waals surface area contributed by atoms with Crippen LogP contribution < -0.4 is 11.1 Å². The molecule has 3 N–H and O–H groups in total. The fraction of sp³-hybridized carbons (Fsp3) is 0.529. The van der Waals surface area contributed by atoms with Crippen molar-refractivity contribution in [2.75, 3.05) is 19.8 Å². The van der Waals surface area contributed by atoms with E-state index >= 15 is 0 Å². The molecule has 0 aliphatic carbocycles. The van der Waals surface area contributed by atoms with Crippen molar-refractivity contribution < 1.29 is 23.5 Å². The first-order chi connectivity index (χ1) is 11.9. The minimum atomic E-state index is -0.715. The average Bonchev–Trinajstić information content (AvgIpc) is 3.13. The number of aryl methyl sites for hydroxylation is 1. The number of hydrogen-bond donors (Lipinski definition) is 2. The number of aromatic nitrogens is 1.